The van der Waals surface area contributed by atoms with Gasteiger partial charge in [0.15, 0.2) is 0 Å². The van der Waals surface area contributed by atoms with Crippen LogP contribution in [0.1, 0.15) is 13.3 Å². The van der Waals surface area contributed by atoms with Crippen molar-refractivity contribution in [3.8, 4) is 0 Å². The molecule has 0 N–H and O–H groups in total. The van der Waals surface area contributed by atoms with Gasteiger partial charge in [-0.1, -0.05) is 18.5 Å². The van der Waals surface area contributed by atoms with E-state index in [1.165, 1.54) is 14.2 Å². The van der Waals surface area contributed by atoms with E-state index in [1.807, 2.05) is 6.92 Å². The molecule has 0 aliphatic rings. The Kier molecular flexibility index (Phi) is 6.31. The molecule has 1 rings (SSSR count). The van der Waals surface area contributed by atoms with Crippen LogP contribution in [0, 0.1) is 0 Å². The lowest BCUT2D eigenvalue weighted by molar-refractivity contribution is -0.143. The Hall–Kier alpha value is -1.75. The van der Waals surface area contributed by atoms with Gasteiger partial charge in [-0.2, -0.15) is 0 Å². The zero-order valence-electron chi connectivity index (χ0n) is 11.8. The van der Waals surface area contributed by atoms with Crippen LogP contribution in [-0.2, 0) is 19.1 Å². The van der Waals surface area contributed by atoms with Gasteiger partial charge in [-0.05, 0) is 30.7 Å². The van der Waals surface area contributed by atoms with Crippen LogP contribution in [0.5, 0.6) is 0 Å². The maximum atomic E-state index is 11.9. The molecule has 110 valence electrons. The number of methoxy groups -OCH3 is 2. The van der Waals surface area contributed by atoms with Crippen LogP contribution in [0.25, 0.3) is 0 Å². The minimum Gasteiger partial charge on any atom is -0.468 e. The van der Waals surface area contributed by atoms with Crippen LogP contribution >= 0.6 is 11.6 Å². The molecule has 1 aromatic carbocycles. The second-order valence-corrected chi connectivity index (χ2v) is 4.56. The number of hydrogen-bond acceptors (Lipinski definition) is 5. The Labute approximate surface area is 123 Å². The first kappa shape index (κ1) is 16.3. The maximum absolute atomic E-state index is 11.9. The van der Waals surface area contributed by atoms with Crippen molar-refractivity contribution in [2.24, 2.45) is 0 Å². The van der Waals surface area contributed by atoms with Crippen molar-refractivity contribution < 1.29 is 19.1 Å². The second-order valence-electron chi connectivity index (χ2n) is 4.13. The van der Waals surface area contributed by atoms with Gasteiger partial charge in [-0.25, -0.2) is 4.79 Å². The number of carbonyl (C=O) groups is 2. The van der Waals surface area contributed by atoms with Gasteiger partial charge in [0.1, 0.15) is 12.6 Å². The summed E-state index contributed by atoms with van der Waals surface area (Å²) in [7, 11) is 2.63. The number of anilines is 1. The van der Waals surface area contributed by atoms with Gasteiger partial charge in [-0.3, -0.25) is 4.79 Å². The molecule has 0 saturated carbocycles. The SMILES string of the molecule is CC[C@H](C(=O)OC)N(CC(=O)OC)c1ccc(Cl)cc1. The molecule has 0 fully saturated rings. The van der Waals surface area contributed by atoms with Crippen molar-refractivity contribution in [2.75, 3.05) is 25.7 Å². The third-order valence-electron chi connectivity index (χ3n) is 2.92. The molecule has 0 aliphatic heterocycles. The van der Waals surface area contributed by atoms with E-state index in [-0.39, 0.29) is 6.54 Å². The Bertz CT molecular complexity index is 461. The number of carbonyl (C=O) groups excluding carboxylic acids is 2. The zero-order chi connectivity index (χ0) is 15.1. The largest absolute Gasteiger partial charge is 0.468 e. The monoisotopic (exact) mass is 299 g/mol. The fourth-order valence-corrected chi connectivity index (χ4v) is 1.99. The van der Waals surface area contributed by atoms with E-state index in [0.29, 0.717) is 17.1 Å². The van der Waals surface area contributed by atoms with Crippen molar-refractivity contribution >= 4 is 29.2 Å². The van der Waals surface area contributed by atoms with Crippen molar-refractivity contribution in [1.82, 2.24) is 0 Å². The highest BCUT2D eigenvalue weighted by Gasteiger charge is 2.27. The summed E-state index contributed by atoms with van der Waals surface area (Å²) < 4.78 is 9.46. The number of esters is 2. The molecule has 0 heterocycles. The number of hydrogen-bond donors (Lipinski definition) is 0. The van der Waals surface area contributed by atoms with Gasteiger partial charge < -0.3 is 14.4 Å². The molecule has 1 atom stereocenters. The van der Waals surface area contributed by atoms with Crippen molar-refractivity contribution in [2.45, 2.75) is 19.4 Å². The van der Waals surface area contributed by atoms with Gasteiger partial charge >= 0.3 is 11.9 Å². The second kappa shape index (κ2) is 7.75. The highest BCUT2D eigenvalue weighted by atomic mass is 35.5. The van der Waals surface area contributed by atoms with E-state index in [0.717, 1.165) is 0 Å². The number of halogens is 1. The lowest BCUT2D eigenvalue weighted by Crippen LogP contribution is -2.44. The number of benzene rings is 1. The third-order valence-corrected chi connectivity index (χ3v) is 3.17. The van der Waals surface area contributed by atoms with Crippen molar-refractivity contribution in [3.63, 3.8) is 0 Å². The summed E-state index contributed by atoms with van der Waals surface area (Å²) in [5.41, 5.74) is 0.706. The van der Waals surface area contributed by atoms with E-state index < -0.39 is 18.0 Å². The molecule has 20 heavy (non-hydrogen) atoms. The Morgan fingerprint density at radius 3 is 2.25 bits per heavy atom. The molecule has 0 spiro atoms. The molecule has 5 nitrogen and oxygen atoms in total. The lowest BCUT2D eigenvalue weighted by atomic mass is 10.1. The molecule has 0 amide bonds. The Morgan fingerprint density at radius 2 is 1.80 bits per heavy atom. The normalized spacial score (nSPS) is 11.6. The van der Waals surface area contributed by atoms with Gasteiger partial charge in [0, 0.05) is 10.7 Å². The summed E-state index contributed by atoms with van der Waals surface area (Å²) in [5.74, 6) is -0.825. The van der Waals surface area contributed by atoms with Gasteiger partial charge in [-0.15, -0.1) is 0 Å². The first-order chi connectivity index (χ1) is 9.53. The predicted octanol–water partition coefficient (Wildman–Crippen LogP) is 2.27. The van der Waals surface area contributed by atoms with E-state index in [1.54, 1.807) is 29.2 Å². The molecule has 0 aliphatic carbocycles. The van der Waals surface area contributed by atoms with Gasteiger partial charge in [0.25, 0.3) is 0 Å². The zero-order valence-corrected chi connectivity index (χ0v) is 12.5. The summed E-state index contributed by atoms with van der Waals surface area (Å²) in [6.45, 7) is 1.81. The minimum atomic E-state index is -0.555. The number of ether oxygens (including phenoxy) is 2. The topological polar surface area (TPSA) is 55.8 Å². The first-order valence-corrected chi connectivity index (χ1v) is 6.58. The van der Waals surface area contributed by atoms with E-state index in [9.17, 15) is 9.59 Å². The summed E-state index contributed by atoms with van der Waals surface area (Å²) in [5, 5.41) is 0.581. The fraction of sp³-hybridized carbons (Fsp3) is 0.429. The van der Waals surface area contributed by atoms with Crippen LogP contribution in [0.2, 0.25) is 5.02 Å². The highest BCUT2D eigenvalue weighted by Crippen LogP contribution is 2.22. The van der Waals surface area contributed by atoms with Gasteiger partial charge in [0.2, 0.25) is 0 Å². The molecule has 0 radical (unpaired) electrons. The number of nitrogens with zero attached hydrogens (tertiary/aromatic N) is 1. The van der Waals surface area contributed by atoms with Crippen LogP contribution in [0.15, 0.2) is 24.3 Å². The van der Waals surface area contributed by atoms with E-state index >= 15 is 0 Å². The molecule has 0 unspecified atom stereocenters. The van der Waals surface area contributed by atoms with Crippen molar-refractivity contribution in [1.29, 1.82) is 0 Å². The standard InChI is InChI=1S/C14H18ClNO4/c1-4-12(14(18)20-3)16(9-13(17)19-2)11-7-5-10(15)6-8-11/h5-8,12H,4,9H2,1-3H3/t12-/m1/s1. The Morgan fingerprint density at radius 1 is 1.20 bits per heavy atom. The lowest BCUT2D eigenvalue weighted by Gasteiger charge is -2.30. The van der Waals surface area contributed by atoms with Crippen LogP contribution in [0.3, 0.4) is 0 Å². The summed E-state index contributed by atoms with van der Waals surface area (Å²) in [4.78, 5) is 25.1. The number of rotatable bonds is 6. The first-order valence-electron chi connectivity index (χ1n) is 6.20. The summed E-state index contributed by atoms with van der Waals surface area (Å²) >= 11 is 5.85. The maximum Gasteiger partial charge on any atom is 0.328 e. The Balaban J connectivity index is 3.09. The average molecular weight is 300 g/mol. The smallest absolute Gasteiger partial charge is 0.328 e. The van der Waals surface area contributed by atoms with Crippen LogP contribution in [0.4, 0.5) is 5.69 Å². The average Bonchev–Trinajstić information content (AvgIpc) is 2.47. The molecule has 0 bridgehead atoms. The highest BCUT2D eigenvalue weighted by molar-refractivity contribution is 6.30. The van der Waals surface area contributed by atoms with Crippen LogP contribution in [-0.4, -0.2) is 38.7 Å². The summed E-state index contributed by atoms with van der Waals surface area (Å²) in [6, 6.07) is 6.34. The summed E-state index contributed by atoms with van der Waals surface area (Å²) in [6.07, 6.45) is 0.506. The van der Waals surface area contributed by atoms with E-state index in [2.05, 4.69) is 4.74 Å². The molecular formula is C14H18ClNO4. The minimum absolute atomic E-state index is 0.0360. The van der Waals surface area contributed by atoms with Crippen molar-refractivity contribution in [3.05, 3.63) is 29.3 Å². The molecule has 6 heteroatoms. The molecule has 1 aromatic rings. The quantitative estimate of drug-likeness (QED) is 0.754. The molecule has 0 saturated heterocycles. The van der Waals surface area contributed by atoms with Crippen LogP contribution < -0.4 is 4.90 Å². The third kappa shape index (κ3) is 4.13. The predicted molar refractivity (Wildman–Crippen MR) is 76.9 cm³/mol. The van der Waals surface area contributed by atoms with Gasteiger partial charge in [0.05, 0.1) is 14.2 Å². The molecular weight excluding hydrogens is 282 g/mol. The molecule has 0 aromatic heterocycles. The fourth-order valence-electron chi connectivity index (χ4n) is 1.87. The van der Waals surface area contributed by atoms with E-state index in [4.69, 9.17) is 16.3 Å².